The van der Waals surface area contributed by atoms with Crippen LogP contribution in [0, 0.1) is 5.82 Å². The molecule has 1 aliphatic heterocycles. The molecule has 5 rings (SSSR count). The standard InChI is InChI=1S/C32H39FN6O6/c1-36(31-34-14-11-29(40)39(31)23-45-30(41)22-44-20-19-43-18-17-42-2)26-12-15-37(16-13-26)32-35-27-5-3-4-6-28(27)38(32)21-24-7-9-25(33)10-8-24/h3-11,14,26H,12-13,15-23H2,1-2H3. The van der Waals surface area contributed by atoms with Gasteiger partial charge in [-0.1, -0.05) is 24.3 Å². The van der Waals surface area contributed by atoms with Crippen molar-refractivity contribution in [2.24, 2.45) is 0 Å². The molecular weight excluding hydrogens is 583 g/mol. The summed E-state index contributed by atoms with van der Waals surface area (Å²) in [6, 6.07) is 16.0. The number of hydrogen-bond donors (Lipinski definition) is 0. The Bertz CT molecular complexity index is 1600. The molecule has 0 amide bonds. The fourth-order valence-electron chi connectivity index (χ4n) is 5.37. The second-order valence-corrected chi connectivity index (χ2v) is 10.8. The van der Waals surface area contributed by atoms with Crippen LogP contribution in [0.2, 0.25) is 0 Å². The molecule has 0 spiro atoms. The average molecular weight is 623 g/mol. The smallest absolute Gasteiger partial charge is 0.333 e. The maximum atomic E-state index is 13.5. The number of piperidine rings is 1. The lowest BCUT2D eigenvalue weighted by atomic mass is 10.0. The molecule has 0 radical (unpaired) electrons. The lowest BCUT2D eigenvalue weighted by Gasteiger charge is -2.38. The highest BCUT2D eigenvalue weighted by Crippen LogP contribution is 2.28. The van der Waals surface area contributed by atoms with Gasteiger partial charge in [0.15, 0.2) is 6.73 Å². The van der Waals surface area contributed by atoms with Gasteiger partial charge in [-0.05, 0) is 42.7 Å². The summed E-state index contributed by atoms with van der Waals surface area (Å²) in [5.41, 5.74) is 2.59. The highest BCUT2D eigenvalue weighted by atomic mass is 19.1. The van der Waals surface area contributed by atoms with Gasteiger partial charge in [0.1, 0.15) is 12.4 Å². The van der Waals surface area contributed by atoms with E-state index in [4.69, 9.17) is 23.9 Å². The van der Waals surface area contributed by atoms with Crippen LogP contribution in [-0.2, 0) is 37.0 Å². The molecular formula is C32H39FN6O6. The van der Waals surface area contributed by atoms with Crippen LogP contribution in [-0.4, -0.2) is 91.4 Å². The van der Waals surface area contributed by atoms with Gasteiger partial charge in [0.2, 0.25) is 11.9 Å². The van der Waals surface area contributed by atoms with Crippen LogP contribution in [0.5, 0.6) is 0 Å². The Labute approximate surface area is 260 Å². The number of esters is 1. The van der Waals surface area contributed by atoms with Gasteiger partial charge in [-0.2, -0.15) is 0 Å². The number of imidazole rings is 1. The van der Waals surface area contributed by atoms with Crippen molar-refractivity contribution < 1.29 is 28.1 Å². The van der Waals surface area contributed by atoms with Gasteiger partial charge < -0.3 is 33.3 Å². The van der Waals surface area contributed by atoms with Crippen molar-refractivity contribution >= 4 is 28.9 Å². The molecule has 240 valence electrons. The molecule has 4 aromatic rings. The Hall–Kier alpha value is -4.33. The molecule has 0 unspecified atom stereocenters. The van der Waals surface area contributed by atoms with Gasteiger partial charge in [-0.3, -0.25) is 4.79 Å². The number of hydrogen-bond acceptors (Lipinski definition) is 10. The largest absolute Gasteiger partial charge is 0.442 e. The van der Waals surface area contributed by atoms with Gasteiger partial charge in [-0.25, -0.2) is 23.7 Å². The molecule has 0 aliphatic carbocycles. The highest BCUT2D eigenvalue weighted by molar-refractivity contribution is 5.79. The van der Waals surface area contributed by atoms with E-state index in [0.717, 1.165) is 48.5 Å². The summed E-state index contributed by atoms with van der Waals surface area (Å²) in [6.07, 6.45) is 3.05. The lowest BCUT2D eigenvalue weighted by Crippen LogP contribution is -2.46. The van der Waals surface area contributed by atoms with E-state index in [2.05, 4.69) is 14.5 Å². The molecule has 0 atom stereocenters. The summed E-state index contributed by atoms with van der Waals surface area (Å²) in [5.74, 6) is 0.437. The van der Waals surface area contributed by atoms with E-state index in [0.29, 0.717) is 32.3 Å². The van der Waals surface area contributed by atoms with Crippen molar-refractivity contribution in [3.63, 3.8) is 0 Å². The second kappa shape index (κ2) is 15.6. The predicted molar refractivity (Wildman–Crippen MR) is 167 cm³/mol. The monoisotopic (exact) mass is 622 g/mol. The van der Waals surface area contributed by atoms with Crippen molar-refractivity contribution in [2.75, 3.05) is 70.1 Å². The first-order valence-corrected chi connectivity index (χ1v) is 15.0. The number of rotatable bonds is 15. The number of nitrogens with zero attached hydrogens (tertiary/aromatic N) is 6. The minimum Gasteiger partial charge on any atom is -0.442 e. The first-order chi connectivity index (χ1) is 21.9. The SMILES string of the molecule is COCCOCCOCC(=O)OCn1c(N(C)C2CCN(c3nc4ccccc4n3Cc3ccc(F)cc3)CC2)nccc1=O. The number of halogens is 1. The van der Waals surface area contributed by atoms with Crippen LogP contribution in [0.3, 0.4) is 0 Å². The predicted octanol–water partition coefficient (Wildman–Crippen LogP) is 3.07. The van der Waals surface area contributed by atoms with E-state index in [9.17, 15) is 14.0 Å². The first-order valence-electron chi connectivity index (χ1n) is 15.0. The summed E-state index contributed by atoms with van der Waals surface area (Å²) in [6.45, 7) is 3.02. The van der Waals surface area contributed by atoms with Crippen molar-refractivity contribution in [1.29, 1.82) is 0 Å². The summed E-state index contributed by atoms with van der Waals surface area (Å²) >= 11 is 0. The zero-order valence-corrected chi connectivity index (χ0v) is 25.6. The minimum absolute atomic E-state index is 0.0915. The zero-order valence-electron chi connectivity index (χ0n) is 25.6. The molecule has 2 aromatic carbocycles. The Balaban J connectivity index is 1.20. The fraction of sp³-hybridized carbons (Fsp3) is 0.438. The number of para-hydroxylation sites is 2. The molecule has 1 fully saturated rings. The highest BCUT2D eigenvalue weighted by Gasteiger charge is 2.28. The fourth-order valence-corrected chi connectivity index (χ4v) is 5.37. The van der Waals surface area contributed by atoms with Crippen molar-refractivity contribution in [3.05, 3.63) is 82.5 Å². The van der Waals surface area contributed by atoms with Gasteiger partial charge in [0.25, 0.3) is 5.56 Å². The molecule has 0 saturated carbocycles. The Kier molecular flexibility index (Phi) is 11.1. The van der Waals surface area contributed by atoms with E-state index in [1.165, 1.54) is 29.0 Å². The number of benzene rings is 2. The van der Waals surface area contributed by atoms with Crippen LogP contribution in [0.4, 0.5) is 16.3 Å². The number of aromatic nitrogens is 4. The number of carbonyl (C=O) groups excluding carboxylic acids is 1. The third-order valence-electron chi connectivity index (χ3n) is 7.79. The minimum atomic E-state index is -0.590. The number of fused-ring (bicyclic) bond motifs is 1. The lowest BCUT2D eigenvalue weighted by molar-refractivity contribution is -0.153. The van der Waals surface area contributed by atoms with Crippen molar-refractivity contribution in [2.45, 2.75) is 32.2 Å². The van der Waals surface area contributed by atoms with Crippen LogP contribution in [0.15, 0.2) is 65.6 Å². The summed E-state index contributed by atoms with van der Waals surface area (Å²) in [4.78, 5) is 38.7. The third kappa shape index (κ3) is 8.24. The second-order valence-electron chi connectivity index (χ2n) is 10.8. The Morgan fingerprint density at radius 3 is 2.49 bits per heavy atom. The Morgan fingerprint density at radius 2 is 1.71 bits per heavy atom. The van der Waals surface area contributed by atoms with Gasteiger partial charge in [0, 0.05) is 45.6 Å². The number of carbonyl (C=O) groups is 1. The maximum Gasteiger partial charge on any atom is 0.333 e. The Morgan fingerprint density at radius 1 is 0.978 bits per heavy atom. The van der Waals surface area contributed by atoms with Gasteiger partial charge in [-0.15, -0.1) is 0 Å². The van der Waals surface area contributed by atoms with Crippen molar-refractivity contribution in [1.82, 2.24) is 19.1 Å². The topological polar surface area (TPSA) is 113 Å². The zero-order chi connectivity index (χ0) is 31.6. The summed E-state index contributed by atoms with van der Waals surface area (Å²) in [7, 11) is 3.49. The molecule has 0 bridgehead atoms. The van der Waals surface area contributed by atoms with Crippen LogP contribution in [0.1, 0.15) is 18.4 Å². The normalized spacial score (nSPS) is 13.8. The van der Waals surface area contributed by atoms with E-state index < -0.39 is 5.97 Å². The maximum absolute atomic E-state index is 13.5. The number of ether oxygens (including phenoxy) is 4. The molecule has 1 aliphatic rings. The summed E-state index contributed by atoms with van der Waals surface area (Å²) < 4.78 is 37.9. The molecule has 1 saturated heterocycles. The van der Waals surface area contributed by atoms with E-state index in [1.807, 2.05) is 36.2 Å². The van der Waals surface area contributed by atoms with Crippen LogP contribution in [0.25, 0.3) is 11.0 Å². The molecule has 3 heterocycles. The molecule has 45 heavy (non-hydrogen) atoms. The average Bonchev–Trinajstić information content (AvgIpc) is 3.42. The van der Waals surface area contributed by atoms with Crippen molar-refractivity contribution in [3.8, 4) is 0 Å². The van der Waals surface area contributed by atoms with E-state index in [1.54, 1.807) is 19.2 Å². The molecule has 13 heteroatoms. The van der Waals surface area contributed by atoms with Crippen LogP contribution < -0.4 is 15.4 Å². The van der Waals surface area contributed by atoms with E-state index >= 15 is 0 Å². The van der Waals surface area contributed by atoms with Gasteiger partial charge >= 0.3 is 5.97 Å². The van der Waals surface area contributed by atoms with E-state index in [-0.39, 0.29) is 37.4 Å². The summed E-state index contributed by atoms with van der Waals surface area (Å²) in [5, 5.41) is 0. The molecule has 12 nitrogen and oxygen atoms in total. The quantitative estimate of drug-likeness (QED) is 0.145. The molecule has 2 aromatic heterocycles. The van der Waals surface area contributed by atoms with Gasteiger partial charge in [0.05, 0.1) is 44.0 Å². The number of methoxy groups -OCH3 is 1. The number of anilines is 2. The van der Waals surface area contributed by atoms with Crippen LogP contribution >= 0.6 is 0 Å². The third-order valence-corrected chi connectivity index (χ3v) is 7.79. The first kappa shape index (κ1) is 32.1. The molecule has 0 N–H and O–H groups in total.